The molecule has 0 spiro atoms. The monoisotopic (exact) mass is 419 g/mol. The first-order valence-corrected chi connectivity index (χ1v) is 8.37. The molecule has 8 heteroatoms. The number of nitrogens with one attached hydrogen (secondary N) is 2. The van der Waals surface area contributed by atoms with E-state index in [1.807, 2.05) is 0 Å². The molecule has 2 aromatic rings. The first-order chi connectivity index (χ1) is 12.4. The maximum absolute atomic E-state index is 11.9. The SMILES string of the molecule is COc1ccc(C(C)=NNC(=O)C(=O)Nc2ccc(Br)cc2)cc1OC. The Morgan fingerprint density at radius 2 is 1.62 bits per heavy atom. The van der Waals surface area contributed by atoms with Crippen molar-refractivity contribution < 1.29 is 19.1 Å². The minimum absolute atomic E-state index is 0.508. The van der Waals surface area contributed by atoms with Crippen molar-refractivity contribution in [2.45, 2.75) is 6.92 Å². The lowest BCUT2D eigenvalue weighted by molar-refractivity contribution is -0.136. The van der Waals surface area contributed by atoms with E-state index in [9.17, 15) is 9.59 Å². The van der Waals surface area contributed by atoms with Crippen LogP contribution in [0.25, 0.3) is 0 Å². The normalized spacial score (nSPS) is 10.8. The number of carbonyl (C=O) groups is 2. The van der Waals surface area contributed by atoms with Crippen LogP contribution in [-0.4, -0.2) is 31.7 Å². The molecule has 2 N–H and O–H groups in total. The molecule has 0 aromatic heterocycles. The number of methoxy groups -OCH3 is 2. The van der Waals surface area contributed by atoms with Gasteiger partial charge in [0.25, 0.3) is 0 Å². The Bertz CT molecular complexity index is 835. The number of halogens is 1. The third-order valence-electron chi connectivity index (χ3n) is 3.43. The van der Waals surface area contributed by atoms with E-state index in [1.54, 1.807) is 56.5 Å². The summed E-state index contributed by atoms with van der Waals surface area (Å²) in [5.74, 6) is -0.551. The Morgan fingerprint density at radius 1 is 0.962 bits per heavy atom. The first kappa shape index (κ1) is 19.5. The molecule has 0 radical (unpaired) electrons. The Balaban J connectivity index is 2.02. The molecule has 0 aliphatic heterocycles. The van der Waals surface area contributed by atoms with Crippen LogP contribution in [0.1, 0.15) is 12.5 Å². The summed E-state index contributed by atoms with van der Waals surface area (Å²) in [5, 5.41) is 6.44. The number of rotatable bonds is 5. The fourth-order valence-corrected chi connectivity index (χ4v) is 2.30. The summed E-state index contributed by atoms with van der Waals surface area (Å²) in [6, 6.07) is 12.1. The predicted octanol–water partition coefficient (Wildman–Crippen LogP) is 2.95. The standard InChI is InChI=1S/C18H18BrN3O4/c1-11(12-4-9-15(25-2)16(10-12)26-3)21-22-18(24)17(23)20-14-7-5-13(19)6-8-14/h4-10H,1-3H3,(H,20,23)(H,22,24). The minimum atomic E-state index is -0.868. The van der Waals surface area contributed by atoms with Gasteiger partial charge in [-0.05, 0) is 49.4 Å². The molecule has 0 fully saturated rings. The Hall–Kier alpha value is -2.87. The molecule has 0 heterocycles. The molecule has 0 atom stereocenters. The van der Waals surface area contributed by atoms with E-state index in [1.165, 1.54) is 7.11 Å². The molecule has 2 aromatic carbocycles. The van der Waals surface area contributed by atoms with E-state index in [-0.39, 0.29) is 0 Å². The van der Waals surface area contributed by atoms with E-state index in [4.69, 9.17) is 9.47 Å². The molecule has 2 amide bonds. The van der Waals surface area contributed by atoms with Gasteiger partial charge in [0.1, 0.15) is 0 Å². The molecule has 0 saturated heterocycles. The van der Waals surface area contributed by atoms with Crippen molar-refractivity contribution >= 4 is 39.1 Å². The summed E-state index contributed by atoms with van der Waals surface area (Å²) in [6.45, 7) is 1.70. The van der Waals surface area contributed by atoms with E-state index in [0.29, 0.717) is 22.9 Å². The van der Waals surface area contributed by atoms with Gasteiger partial charge in [0.2, 0.25) is 0 Å². The third-order valence-corrected chi connectivity index (χ3v) is 3.96. The van der Waals surface area contributed by atoms with E-state index >= 15 is 0 Å². The van der Waals surface area contributed by atoms with Crippen LogP contribution in [0.3, 0.4) is 0 Å². The van der Waals surface area contributed by atoms with E-state index < -0.39 is 11.8 Å². The molecule has 0 aliphatic carbocycles. The minimum Gasteiger partial charge on any atom is -0.493 e. The van der Waals surface area contributed by atoms with E-state index in [2.05, 4.69) is 31.8 Å². The van der Waals surface area contributed by atoms with Crippen molar-refractivity contribution in [1.82, 2.24) is 5.43 Å². The Labute approximate surface area is 159 Å². The summed E-state index contributed by atoms with van der Waals surface area (Å²) in [7, 11) is 3.07. The molecule has 0 bridgehead atoms. The van der Waals surface area contributed by atoms with Gasteiger partial charge in [-0.25, -0.2) is 5.43 Å². The average Bonchev–Trinajstić information content (AvgIpc) is 2.66. The number of carbonyl (C=O) groups excluding carboxylic acids is 2. The zero-order chi connectivity index (χ0) is 19.1. The average molecular weight is 420 g/mol. The highest BCUT2D eigenvalue weighted by Crippen LogP contribution is 2.27. The lowest BCUT2D eigenvalue weighted by atomic mass is 10.1. The molecule has 0 aliphatic rings. The largest absolute Gasteiger partial charge is 0.493 e. The highest BCUT2D eigenvalue weighted by atomic mass is 79.9. The molecule has 0 unspecified atom stereocenters. The number of hydrogen-bond donors (Lipinski definition) is 2. The number of benzene rings is 2. The highest BCUT2D eigenvalue weighted by Gasteiger charge is 2.13. The topological polar surface area (TPSA) is 89.0 Å². The molecule has 7 nitrogen and oxygen atoms in total. The zero-order valence-corrected chi connectivity index (χ0v) is 16.1. The van der Waals surface area contributed by atoms with Crippen LogP contribution in [0.15, 0.2) is 52.0 Å². The van der Waals surface area contributed by atoms with Crippen LogP contribution in [0.2, 0.25) is 0 Å². The van der Waals surface area contributed by atoms with Gasteiger partial charge in [0, 0.05) is 15.7 Å². The van der Waals surface area contributed by atoms with Gasteiger partial charge in [-0.15, -0.1) is 0 Å². The summed E-state index contributed by atoms with van der Waals surface area (Å²) in [5.41, 5.74) is 3.97. The van der Waals surface area contributed by atoms with Gasteiger partial charge in [-0.2, -0.15) is 5.10 Å². The van der Waals surface area contributed by atoms with Crippen LogP contribution in [0, 0.1) is 0 Å². The predicted molar refractivity (Wildman–Crippen MR) is 103 cm³/mol. The van der Waals surface area contributed by atoms with Crippen molar-refractivity contribution in [2.24, 2.45) is 5.10 Å². The summed E-state index contributed by atoms with van der Waals surface area (Å²) < 4.78 is 11.3. The van der Waals surface area contributed by atoms with Gasteiger partial charge in [-0.1, -0.05) is 15.9 Å². The number of nitrogens with zero attached hydrogens (tertiary/aromatic N) is 1. The summed E-state index contributed by atoms with van der Waals surface area (Å²) in [6.07, 6.45) is 0. The number of anilines is 1. The van der Waals surface area contributed by atoms with E-state index in [0.717, 1.165) is 10.0 Å². The summed E-state index contributed by atoms with van der Waals surface area (Å²) >= 11 is 3.30. The maximum atomic E-state index is 11.9. The van der Waals surface area contributed by atoms with Crippen molar-refractivity contribution in [3.05, 3.63) is 52.5 Å². The van der Waals surface area contributed by atoms with Gasteiger partial charge in [0.15, 0.2) is 11.5 Å². The number of hydrogen-bond acceptors (Lipinski definition) is 5. The van der Waals surface area contributed by atoms with Crippen molar-refractivity contribution in [2.75, 3.05) is 19.5 Å². The number of hydrazone groups is 1. The smallest absolute Gasteiger partial charge is 0.329 e. The van der Waals surface area contributed by atoms with Crippen molar-refractivity contribution in [1.29, 1.82) is 0 Å². The second-order valence-electron chi connectivity index (χ2n) is 5.17. The van der Waals surface area contributed by atoms with Crippen LogP contribution in [0.4, 0.5) is 5.69 Å². The fourth-order valence-electron chi connectivity index (χ4n) is 2.03. The van der Waals surface area contributed by atoms with Crippen LogP contribution >= 0.6 is 15.9 Å². The molecular weight excluding hydrogens is 402 g/mol. The van der Waals surface area contributed by atoms with Crippen molar-refractivity contribution in [3.63, 3.8) is 0 Å². The highest BCUT2D eigenvalue weighted by molar-refractivity contribution is 9.10. The lowest BCUT2D eigenvalue weighted by Crippen LogP contribution is -2.32. The fraction of sp³-hybridized carbons (Fsp3) is 0.167. The third kappa shape index (κ3) is 5.06. The maximum Gasteiger partial charge on any atom is 0.329 e. The van der Waals surface area contributed by atoms with Gasteiger partial charge >= 0.3 is 11.8 Å². The quantitative estimate of drug-likeness (QED) is 0.442. The summed E-state index contributed by atoms with van der Waals surface area (Å²) in [4.78, 5) is 23.8. The Kier molecular flexibility index (Phi) is 6.74. The van der Waals surface area contributed by atoms with Crippen LogP contribution in [-0.2, 0) is 9.59 Å². The van der Waals surface area contributed by atoms with Gasteiger partial charge < -0.3 is 14.8 Å². The van der Waals surface area contributed by atoms with Crippen LogP contribution in [0.5, 0.6) is 11.5 Å². The van der Waals surface area contributed by atoms with Gasteiger partial charge in [0.05, 0.1) is 19.9 Å². The molecule has 136 valence electrons. The van der Waals surface area contributed by atoms with Crippen molar-refractivity contribution in [3.8, 4) is 11.5 Å². The second-order valence-corrected chi connectivity index (χ2v) is 6.08. The number of amides is 2. The Morgan fingerprint density at radius 3 is 2.23 bits per heavy atom. The first-order valence-electron chi connectivity index (χ1n) is 7.58. The second kappa shape index (κ2) is 9.00. The number of ether oxygens (including phenoxy) is 2. The lowest BCUT2D eigenvalue weighted by Gasteiger charge is -2.09. The molecular formula is C18H18BrN3O4. The molecule has 26 heavy (non-hydrogen) atoms. The van der Waals surface area contributed by atoms with Gasteiger partial charge in [-0.3, -0.25) is 9.59 Å². The van der Waals surface area contributed by atoms with Crippen LogP contribution < -0.4 is 20.2 Å². The molecule has 2 rings (SSSR count). The molecule has 0 saturated carbocycles. The zero-order valence-electron chi connectivity index (χ0n) is 14.5.